The van der Waals surface area contributed by atoms with Crippen LogP contribution in [-0.2, 0) is 4.74 Å². The van der Waals surface area contributed by atoms with E-state index in [1.165, 1.54) is 6.07 Å². The predicted octanol–water partition coefficient (Wildman–Crippen LogP) is 5.18. The van der Waals surface area contributed by atoms with Gasteiger partial charge in [-0.3, -0.25) is 4.79 Å². The van der Waals surface area contributed by atoms with Crippen molar-refractivity contribution >= 4 is 43.7 Å². The van der Waals surface area contributed by atoms with Crippen LogP contribution in [0.4, 0.5) is 9.18 Å². The average molecular weight is 465 g/mol. The van der Waals surface area contributed by atoms with Crippen LogP contribution in [0.25, 0.3) is 0 Å². The maximum absolute atomic E-state index is 14.1. The van der Waals surface area contributed by atoms with E-state index in [-0.39, 0.29) is 23.4 Å². The highest BCUT2D eigenvalue weighted by molar-refractivity contribution is 9.11. The summed E-state index contributed by atoms with van der Waals surface area (Å²) < 4.78 is 20.5. The number of ketones is 1. The summed E-state index contributed by atoms with van der Waals surface area (Å²) in [5, 5.41) is 0. The van der Waals surface area contributed by atoms with E-state index in [9.17, 15) is 14.0 Å². The van der Waals surface area contributed by atoms with Gasteiger partial charge in [0, 0.05) is 28.0 Å². The summed E-state index contributed by atoms with van der Waals surface area (Å²) in [5.74, 6) is -1.07. The molecule has 0 aromatic heterocycles. The number of nitrogens with zero attached hydrogens (tertiary/aromatic N) is 1. The van der Waals surface area contributed by atoms with Crippen molar-refractivity contribution in [3.8, 4) is 0 Å². The summed E-state index contributed by atoms with van der Waals surface area (Å²) in [6, 6.07) is 2.94. The Bertz CT molecular complexity index is 627. The van der Waals surface area contributed by atoms with E-state index in [2.05, 4.69) is 31.9 Å². The Morgan fingerprint density at radius 1 is 1.21 bits per heavy atom. The summed E-state index contributed by atoms with van der Waals surface area (Å²) in [6.07, 6.45) is 0.629. The Kier molecular flexibility index (Phi) is 6.07. The lowest BCUT2D eigenvalue weighted by atomic mass is 9.89. The van der Waals surface area contributed by atoms with Crippen LogP contribution in [0.2, 0.25) is 0 Å². The number of hydrogen-bond donors (Lipinski definition) is 0. The molecule has 7 heteroatoms. The molecule has 0 unspecified atom stereocenters. The maximum atomic E-state index is 14.1. The number of amides is 1. The minimum atomic E-state index is -0.546. The molecule has 1 aromatic carbocycles. The zero-order valence-electron chi connectivity index (χ0n) is 13.9. The van der Waals surface area contributed by atoms with Crippen molar-refractivity contribution in [2.45, 2.75) is 39.2 Å². The first kappa shape index (κ1) is 19.4. The first-order chi connectivity index (χ1) is 11.1. The number of rotatable bonds is 2. The van der Waals surface area contributed by atoms with Crippen LogP contribution in [0.5, 0.6) is 0 Å². The SMILES string of the molecule is CC(C)(C)OC(=O)N1CCC(C(=O)c2c(F)cc(Br)cc2Br)CC1. The molecule has 1 amide bonds. The van der Waals surface area contributed by atoms with Gasteiger partial charge in [-0.2, -0.15) is 0 Å². The van der Waals surface area contributed by atoms with E-state index >= 15 is 0 Å². The first-order valence-electron chi connectivity index (χ1n) is 7.75. The van der Waals surface area contributed by atoms with Crippen molar-refractivity contribution in [3.05, 3.63) is 32.5 Å². The number of halogens is 3. The number of Topliss-reactive ketones (excluding diaryl/α,β-unsaturated/α-hetero) is 1. The molecule has 0 aliphatic carbocycles. The van der Waals surface area contributed by atoms with E-state index in [0.717, 1.165) is 0 Å². The molecule has 0 saturated carbocycles. The van der Waals surface area contributed by atoms with Gasteiger partial charge in [-0.25, -0.2) is 9.18 Å². The fraction of sp³-hybridized carbons (Fsp3) is 0.529. The number of hydrogen-bond acceptors (Lipinski definition) is 3. The second-order valence-corrected chi connectivity index (χ2v) is 8.62. The Morgan fingerprint density at radius 3 is 2.29 bits per heavy atom. The van der Waals surface area contributed by atoms with Gasteiger partial charge in [-0.05, 0) is 61.7 Å². The van der Waals surface area contributed by atoms with E-state index in [4.69, 9.17) is 4.74 Å². The molecule has 132 valence electrons. The fourth-order valence-corrected chi connectivity index (χ4v) is 4.00. The summed E-state index contributed by atoms with van der Waals surface area (Å²) in [7, 11) is 0. The van der Waals surface area contributed by atoms with Crippen LogP contribution in [0.1, 0.15) is 44.0 Å². The van der Waals surface area contributed by atoms with Crippen molar-refractivity contribution in [3.63, 3.8) is 0 Å². The highest BCUT2D eigenvalue weighted by Gasteiger charge is 2.32. The molecular weight excluding hydrogens is 445 g/mol. The smallest absolute Gasteiger partial charge is 0.410 e. The summed E-state index contributed by atoms with van der Waals surface area (Å²) in [5.41, 5.74) is -0.469. The van der Waals surface area contributed by atoms with Crippen molar-refractivity contribution in [1.82, 2.24) is 4.90 Å². The third-order valence-corrected chi connectivity index (χ3v) is 4.85. The van der Waals surface area contributed by atoms with E-state index in [0.29, 0.717) is 34.9 Å². The number of ether oxygens (including phenoxy) is 1. The van der Waals surface area contributed by atoms with E-state index in [1.807, 2.05) is 20.8 Å². The van der Waals surface area contributed by atoms with Gasteiger partial charge in [-0.15, -0.1) is 0 Å². The maximum Gasteiger partial charge on any atom is 0.410 e. The molecule has 0 radical (unpaired) electrons. The van der Waals surface area contributed by atoms with Crippen molar-refractivity contribution in [2.24, 2.45) is 5.92 Å². The summed E-state index contributed by atoms with van der Waals surface area (Å²) in [4.78, 5) is 26.3. The zero-order chi connectivity index (χ0) is 18.1. The number of benzene rings is 1. The van der Waals surface area contributed by atoms with Crippen molar-refractivity contribution in [2.75, 3.05) is 13.1 Å². The number of carbonyl (C=O) groups is 2. The van der Waals surface area contributed by atoms with Gasteiger partial charge in [0.15, 0.2) is 5.78 Å². The normalized spacial score (nSPS) is 16.2. The Labute approximate surface area is 158 Å². The molecule has 1 fully saturated rings. The first-order valence-corrected chi connectivity index (χ1v) is 9.34. The molecule has 1 aliphatic heterocycles. The molecule has 0 bridgehead atoms. The van der Waals surface area contributed by atoms with Crippen LogP contribution >= 0.6 is 31.9 Å². The number of likely N-dealkylation sites (tertiary alicyclic amines) is 1. The minimum absolute atomic E-state index is 0.0777. The van der Waals surface area contributed by atoms with Crippen LogP contribution in [0.3, 0.4) is 0 Å². The van der Waals surface area contributed by atoms with Crippen molar-refractivity contribution in [1.29, 1.82) is 0 Å². The lowest BCUT2D eigenvalue weighted by Crippen LogP contribution is -2.43. The third kappa shape index (κ3) is 4.79. The average Bonchev–Trinajstić information content (AvgIpc) is 2.44. The van der Waals surface area contributed by atoms with Gasteiger partial charge < -0.3 is 9.64 Å². The lowest BCUT2D eigenvalue weighted by molar-refractivity contribution is 0.0182. The van der Waals surface area contributed by atoms with Gasteiger partial charge in [0.25, 0.3) is 0 Å². The number of piperidine rings is 1. The van der Waals surface area contributed by atoms with Gasteiger partial charge in [0.2, 0.25) is 0 Å². The summed E-state index contributed by atoms with van der Waals surface area (Å²) >= 11 is 6.46. The molecule has 0 spiro atoms. The lowest BCUT2D eigenvalue weighted by Gasteiger charge is -2.33. The van der Waals surface area contributed by atoms with Gasteiger partial charge in [-0.1, -0.05) is 15.9 Å². The van der Waals surface area contributed by atoms with Gasteiger partial charge in [0.1, 0.15) is 11.4 Å². The Hall–Kier alpha value is -0.950. The molecule has 1 heterocycles. The molecule has 1 aromatic rings. The Morgan fingerprint density at radius 2 is 1.79 bits per heavy atom. The van der Waals surface area contributed by atoms with Crippen LogP contribution in [-0.4, -0.2) is 35.5 Å². The van der Waals surface area contributed by atoms with Crippen LogP contribution in [0.15, 0.2) is 21.1 Å². The topological polar surface area (TPSA) is 46.6 Å². The highest BCUT2D eigenvalue weighted by Crippen LogP contribution is 2.30. The zero-order valence-corrected chi connectivity index (χ0v) is 17.0. The molecule has 0 N–H and O–H groups in total. The Balaban J connectivity index is 2.02. The standard InChI is InChI=1S/C17H20Br2FNO3/c1-17(2,3)24-16(23)21-6-4-10(5-7-21)15(22)14-12(19)8-11(18)9-13(14)20/h8-10H,4-7H2,1-3H3. The monoisotopic (exact) mass is 463 g/mol. The van der Waals surface area contributed by atoms with Gasteiger partial charge in [0.05, 0.1) is 5.56 Å². The van der Waals surface area contributed by atoms with Crippen molar-refractivity contribution < 1.29 is 18.7 Å². The summed E-state index contributed by atoms with van der Waals surface area (Å²) in [6.45, 7) is 6.31. The molecule has 0 atom stereocenters. The molecular formula is C17H20Br2FNO3. The predicted molar refractivity (Wildman–Crippen MR) is 96.7 cm³/mol. The van der Waals surface area contributed by atoms with E-state index < -0.39 is 11.4 Å². The fourth-order valence-electron chi connectivity index (χ4n) is 2.63. The molecule has 4 nitrogen and oxygen atoms in total. The van der Waals surface area contributed by atoms with Gasteiger partial charge >= 0.3 is 6.09 Å². The highest BCUT2D eigenvalue weighted by atomic mass is 79.9. The molecule has 2 rings (SSSR count). The third-order valence-electron chi connectivity index (χ3n) is 3.77. The second kappa shape index (κ2) is 7.52. The molecule has 24 heavy (non-hydrogen) atoms. The number of carbonyl (C=O) groups excluding carboxylic acids is 2. The van der Waals surface area contributed by atoms with Crippen LogP contribution < -0.4 is 0 Å². The minimum Gasteiger partial charge on any atom is -0.444 e. The largest absolute Gasteiger partial charge is 0.444 e. The van der Waals surface area contributed by atoms with E-state index in [1.54, 1.807) is 11.0 Å². The molecule has 1 aliphatic rings. The quantitative estimate of drug-likeness (QED) is 0.566. The van der Waals surface area contributed by atoms with Crippen LogP contribution in [0, 0.1) is 11.7 Å². The second-order valence-electron chi connectivity index (χ2n) is 6.85. The molecule has 1 saturated heterocycles.